The summed E-state index contributed by atoms with van der Waals surface area (Å²) in [7, 11) is -3.16. The molecule has 1 aromatic carbocycles. The molecule has 0 fully saturated rings. The van der Waals surface area contributed by atoms with E-state index < -0.39 is 9.84 Å². The highest BCUT2D eigenvalue weighted by Gasteiger charge is 2.07. The smallest absolute Gasteiger partial charge is 0.267 e. The monoisotopic (exact) mass is 292 g/mol. The van der Waals surface area contributed by atoms with Crippen LogP contribution in [0.5, 0.6) is 0 Å². The van der Waals surface area contributed by atoms with Gasteiger partial charge in [-0.05, 0) is 36.2 Å². The number of amides is 1. The lowest BCUT2D eigenvalue weighted by Gasteiger charge is -2.05. The van der Waals surface area contributed by atoms with Crippen LogP contribution in [0.2, 0.25) is 0 Å². The molecule has 1 amide bonds. The van der Waals surface area contributed by atoms with Crippen LogP contribution in [0, 0.1) is 0 Å². The van der Waals surface area contributed by atoms with Crippen molar-refractivity contribution in [2.75, 3.05) is 12.8 Å². The summed E-state index contributed by atoms with van der Waals surface area (Å²) in [5.74, 6) is -0.150. The van der Waals surface area contributed by atoms with Gasteiger partial charge in [0.2, 0.25) is 0 Å². The summed E-state index contributed by atoms with van der Waals surface area (Å²) in [6.07, 6.45) is 3.52. The number of H-pyrrole nitrogens is 1. The Labute approximate surface area is 117 Å². The normalized spacial score (nSPS) is 11.2. The number of hydrogen-bond donors (Lipinski definition) is 2. The molecule has 0 aliphatic rings. The fraction of sp³-hybridized carbons (Fsp3) is 0.214. The standard InChI is InChI=1S/C14H16N2O3S/c1-20(18,19)12-6-4-11(5-7-12)8-10-16-14(17)13-3-2-9-15-13/h2-7,9,15H,8,10H2,1H3,(H,16,17). The van der Waals surface area contributed by atoms with Gasteiger partial charge in [-0.25, -0.2) is 8.42 Å². The average Bonchev–Trinajstić information content (AvgIpc) is 2.92. The van der Waals surface area contributed by atoms with Crippen molar-refractivity contribution >= 4 is 15.7 Å². The van der Waals surface area contributed by atoms with Crippen LogP contribution in [0.15, 0.2) is 47.5 Å². The Morgan fingerprint density at radius 1 is 1.20 bits per heavy atom. The maximum absolute atomic E-state index is 11.7. The van der Waals surface area contributed by atoms with Gasteiger partial charge in [0, 0.05) is 19.0 Å². The van der Waals surface area contributed by atoms with Crippen molar-refractivity contribution in [1.29, 1.82) is 0 Å². The number of rotatable bonds is 5. The van der Waals surface area contributed by atoms with Gasteiger partial charge >= 0.3 is 0 Å². The van der Waals surface area contributed by atoms with Crippen LogP contribution in [0.3, 0.4) is 0 Å². The molecule has 0 bridgehead atoms. The van der Waals surface area contributed by atoms with E-state index in [1.165, 1.54) is 6.26 Å². The molecule has 0 radical (unpaired) electrons. The summed E-state index contributed by atoms with van der Waals surface area (Å²) < 4.78 is 22.6. The molecular formula is C14H16N2O3S. The highest BCUT2D eigenvalue weighted by molar-refractivity contribution is 7.90. The van der Waals surface area contributed by atoms with Gasteiger partial charge in [-0.15, -0.1) is 0 Å². The minimum atomic E-state index is -3.16. The fourth-order valence-corrected chi connectivity index (χ4v) is 2.42. The van der Waals surface area contributed by atoms with Gasteiger partial charge < -0.3 is 10.3 Å². The third-order valence-corrected chi connectivity index (χ3v) is 4.02. The molecule has 0 saturated heterocycles. The van der Waals surface area contributed by atoms with Gasteiger partial charge in [0.1, 0.15) is 5.69 Å². The van der Waals surface area contributed by atoms with Crippen LogP contribution < -0.4 is 5.32 Å². The Kier molecular flexibility index (Phi) is 4.24. The summed E-state index contributed by atoms with van der Waals surface area (Å²) in [6, 6.07) is 10.2. The highest BCUT2D eigenvalue weighted by atomic mass is 32.2. The van der Waals surface area contributed by atoms with E-state index in [1.54, 1.807) is 42.6 Å². The van der Waals surface area contributed by atoms with E-state index in [4.69, 9.17) is 0 Å². The van der Waals surface area contributed by atoms with Gasteiger partial charge in [-0.2, -0.15) is 0 Å². The lowest BCUT2D eigenvalue weighted by Crippen LogP contribution is -2.25. The number of carbonyl (C=O) groups excluding carboxylic acids is 1. The molecule has 2 rings (SSSR count). The highest BCUT2D eigenvalue weighted by Crippen LogP contribution is 2.10. The first-order valence-electron chi connectivity index (χ1n) is 6.17. The molecule has 1 heterocycles. The van der Waals surface area contributed by atoms with Crippen LogP contribution in [-0.2, 0) is 16.3 Å². The Balaban J connectivity index is 1.87. The molecule has 106 valence electrons. The number of benzene rings is 1. The number of sulfone groups is 1. The number of carbonyl (C=O) groups is 1. The molecule has 2 N–H and O–H groups in total. The Morgan fingerprint density at radius 3 is 2.45 bits per heavy atom. The van der Waals surface area contributed by atoms with Crippen molar-refractivity contribution in [2.24, 2.45) is 0 Å². The van der Waals surface area contributed by atoms with Crippen molar-refractivity contribution in [3.63, 3.8) is 0 Å². The van der Waals surface area contributed by atoms with Crippen LogP contribution in [-0.4, -0.2) is 32.1 Å². The minimum absolute atomic E-state index is 0.150. The second-order valence-corrected chi connectivity index (χ2v) is 6.52. The molecular weight excluding hydrogens is 276 g/mol. The number of aromatic amines is 1. The summed E-state index contributed by atoms with van der Waals surface area (Å²) in [5.41, 5.74) is 1.50. The summed E-state index contributed by atoms with van der Waals surface area (Å²) in [4.78, 5) is 14.8. The molecule has 1 aromatic heterocycles. The Hall–Kier alpha value is -2.08. The van der Waals surface area contributed by atoms with Gasteiger partial charge in [0.15, 0.2) is 9.84 Å². The lowest BCUT2D eigenvalue weighted by atomic mass is 10.1. The van der Waals surface area contributed by atoms with E-state index >= 15 is 0 Å². The maximum atomic E-state index is 11.7. The largest absolute Gasteiger partial charge is 0.357 e. The van der Waals surface area contributed by atoms with Crippen molar-refractivity contribution in [3.8, 4) is 0 Å². The first kappa shape index (κ1) is 14.3. The van der Waals surface area contributed by atoms with E-state index in [9.17, 15) is 13.2 Å². The molecule has 0 unspecified atom stereocenters. The van der Waals surface area contributed by atoms with E-state index in [0.717, 1.165) is 5.56 Å². The number of nitrogens with one attached hydrogen (secondary N) is 2. The van der Waals surface area contributed by atoms with Gasteiger partial charge in [0.05, 0.1) is 4.90 Å². The van der Waals surface area contributed by atoms with E-state index in [-0.39, 0.29) is 5.91 Å². The minimum Gasteiger partial charge on any atom is -0.357 e. The number of hydrogen-bond acceptors (Lipinski definition) is 3. The Morgan fingerprint density at radius 2 is 1.90 bits per heavy atom. The zero-order chi connectivity index (χ0) is 14.6. The second kappa shape index (κ2) is 5.92. The SMILES string of the molecule is CS(=O)(=O)c1ccc(CCNC(=O)c2ccc[nH]2)cc1. The Bertz CT molecular complexity index is 674. The molecule has 0 atom stereocenters. The molecule has 0 aliphatic heterocycles. The van der Waals surface area contributed by atoms with Crippen LogP contribution in [0.1, 0.15) is 16.1 Å². The van der Waals surface area contributed by atoms with Crippen molar-refractivity contribution in [1.82, 2.24) is 10.3 Å². The molecule has 0 saturated carbocycles. The van der Waals surface area contributed by atoms with Gasteiger partial charge in [-0.3, -0.25) is 4.79 Å². The molecule has 0 aliphatic carbocycles. The topological polar surface area (TPSA) is 79.0 Å². The zero-order valence-corrected chi connectivity index (χ0v) is 11.9. The lowest BCUT2D eigenvalue weighted by molar-refractivity contribution is 0.0950. The average molecular weight is 292 g/mol. The first-order chi connectivity index (χ1) is 9.47. The number of aromatic nitrogens is 1. The molecule has 6 heteroatoms. The van der Waals surface area contributed by atoms with Crippen LogP contribution in [0.4, 0.5) is 0 Å². The van der Waals surface area contributed by atoms with Crippen LogP contribution >= 0.6 is 0 Å². The summed E-state index contributed by atoms with van der Waals surface area (Å²) in [5, 5.41) is 2.79. The third-order valence-electron chi connectivity index (χ3n) is 2.89. The zero-order valence-electron chi connectivity index (χ0n) is 11.1. The summed E-state index contributed by atoms with van der Waals surface area (Å²) in [6.45, 7) is 0.496. The van der Waals surface area contributed by atoms with Crippen molar-refractivity contribution in [2.45, 2.75) is 11.3 Å². The third kappa shape index (κ3) is 3.71. The molecule has 20 heavy (non-hydrogen) atoms. The van der Waals surface area contributed by atoms with Crippen LogP contribution in [0.25, 0.3) is 0 Å². The maximum Gasteiger partial charge on any atom is 0.267 e. The van der Waals surface area contributed by atoms with E-state index in [0.29, 0.717) is 23.6 Å². The predicted molar refractivity (Wildman–Crippen MR) is 76.4 cm³/mol. The van der Waals surface area contributed by atoms with Gasteiger partial charge in [-0.1, -0.05) is 12.1 Å². The first-order valence-corrected chi connectivity index (χ1v) is 8.06. The summed E-state index contributed by atoms with van der Waals surface area (Å²) >= 11 is 0. The molecule has 2 aromatic rings. The van der Waals surface area contributed by atoms with Crippen molar-refractivity contribution in [3.05, 3.63) is 53.9 Å². The van der Waals surface area contributed by atoms with E-state index in [2.05, 4.69) is 10.3 Å². The predicted octanol–water partition coefficient (Wildman–Crippen LogP) is 1.39. The van der Waals surface area contributed by atoms with E-state index in [1.807, 2.05) is 0 Å². The fourth-order valence-electron chi connectivity index (χ4n) is 1.79. The molecule has 0 spiro atoms. The van der Waals surface area contributed by atoms with Gasteiger partial charge in [0.25, 0.3) is 5.91 Å². The van der Waals surface area contributed by atoms with Crippen molar-refractivity contribution < 1.29 is 13.2 Å². The quantitative estimate of drug-likeness (QED) is 0.874. The second-order valence-electron chi connectivity index (χ2n) is 4.51. The molecule has 5 nitrogen and oxygen atoms in total.